The molecule has 90 valence electrons. The van der Waals surface area contributed by atoms with Crippen molar-refractivity contribution in [3.8, 4) is 0 Å². The maximum atomic E-state index is 6.23. The molecule has 2 aromatic heterocycles. The van der Waals surface area contributed by atoms with Crippen LogP contribution >= 0.6 is 11.3 Å². The van der Waals surface area contributed by atoms with Gasteiger partial charge in [-0.1, -0.05) is 5.21 Å². The zero-order chi connectivity index (χ0) is 11.8. The Morgan fingerprint density at radius 2 is 2.41 bits per heavy atom. The minimum absolute atomic E-state index is 0.0577. The predicted molar refractivity (Wildman–Crippen MR) is 68.0 cm³/mol. The number of nitrogens with zero attached hydrogens (tertiary/aromatic N) is 3. The molecule has 0 amide bonds. The number of nitrogens with two attached hydrogens (primary N) is 1. The van der Waals surface area contributed by atoms with E-state index in [9.17, 15) is 0 Å². The molecule has 0 aliphatic heterocycles. The summed E-state index contributed by atoms with van der Waals surface area (Å²) in [5.41, 5.74) is 8.71. The van der Waals surface area contributed by atoms with Crippen molar-refractivity contribution in [2.24, 2.45) is 12.8 Å². The van der Waals surface area contributed by atoms with Crippen LogP contribution in [0.5, 0.6) is 0 Å². The van der Waals surface area contributed by atoms with Crippen LogP contribution < -0.4 is 5.73 Å². The summed E-state index contributed by atoms with van der Waals surface area (Å²) >= 11 is 1.88. The molecule has 4 nitrogen and oxygen atoms in total. The van der Waals surface area contributed by atoms with E-state index in [1.54, 1.807) is 4.68 Å². The van der Waals surface area contributed by atoms with Gasteiger partial charge in [0, 0.05) is 35.5 Å². The Labute approximate surface area is 104 Å². The Balaban J connectivity index is 1.75. The minimum atomic E-state index is 0.0577. The zero-order valence-corrected chi connectivity index (χ0v) is 10.7. The van der Waals surface area contributed by atoms with Crippen molar-refractivity contribution in [1.82, 2.24) is 15.0 Å². The second kappa shape index (κ2) is 4.23. The third kappa shape index (κ3) is 2.12. The molecule has 2 N–H and O–H groups in total. The molecule has 2 aromatic rings. The third-order valence-corrected chi connectivity index (χ3v) is 4.58. The molecule has 1 aliphatic rings. The topological polar surface area (TPSA) is 56.7 Å². The average Bonchev–Trinajstić information content (AvgIpc) is 2.92. The highest BCUT2D eigenvalue weighted by Crippen LogP contribution is 2.33. The van der Waals surface area contributed by atoms with Gasteiger partial charge < -0.3 is 5.73 Å². The summed E-state index contributed by atoms with van der Waals surface area (Å²) < 4.78 is 1.72. The van der Waals surface area contributed by atoms with Crippen molar-refractivity contribution in [2.75, 3.05) is 0 Å². The fraction of sp³-hybridized carbons (Fsp3) is 0.500. The Kier molecular flexibility index (Phi) is 2.72. The Morgan fingerprint density at radius 3 is 3.12 bits per heavy atom. The molecule has 1 atom stereocenters. The maximum absolute atomic E-state index is 6.23. The highest BCUT2D eigenvalue weighted by molar-refractivity contribution is 7.12. The van der Waals surface area contributed by atoms with E-state index in [-0.39, 0.29) is 6.04 Å². The van der Waals surface area contributed by atoms with Gasteiger partial charge in [-0.25, -0.2) is 0 Å². The van der Waals surface area contributed by atoms with E-state index in [2.05, 4.69) is 16.4 Å². The number of fused-ring (bicyclic) bond motifs is 1. The number of hydrogen-bond donors (Lipinski definition) is 1. The largest absolute Gasteiger partial charge is 0.323 e. The van der Waals surface area contributed by atoms with E-state index in [0.29, 0.717) is 0 Å². The van der Waals surface area contributed by atoms with Gasteiger partial charge in [-0.3, -0.25) is 4.68 Å². The second-order valence-corrected chi connectivity index (χ2v) is 5.81. The van der Waals surface area contributed by atoms with Gasteiger partial charge in [0.25, 0.3) is 0 Å². The molecule has 0 saturated heterocycles. The lowest BCUT2D eigenvalue weighted by molar-refractivity contribution is 0.700. The first-order valence-corrected chi connectivity index (χ1v) is 6.76. The molecule has 1 unspecified atom stereocenters. The molecule has 2 heterocycles. The van der Waals surface area contributed by atoms with Gasteiger partial charge in [0.2, 0.25) is 0 Å². The molecule has 3 rings (SSSR count). The minimum Gasteiger partial charge on any atom is -0.323 e. The first kappa shape index (κ1) is 10.9. The quantitative estimate of drug-likeness (QED) is 0.897. The maximum Gasteiger partial charge on any atom is 0.0846 e. The van der Waals surface area contributed by atoms with E-state index >= 15 is 0 Å². The average molecular weight is 248 g/mol. The smallest absolute Gasteiger partial charge is 0.0846 e. The van der Waals surface area contributed by atoms with Crippen molar-refractivity contribution in [1.29, 1.82) is 0 Å². The van der Waals surface area contributed by atoms with E-state index in [1.165, 1.54) is 34.6 Å². The van der Waals surface area contributed by atoms with E-state index in [0.717, 1.165) is 12.1 Å². The predicted octanol–water partition coefficient (Wildman–Crippen LogP) is 1.61. The molecule has 17 heavy (non-hydrogen) atoms. The molecule has 0 fully saturated rings. The monoisotopic (exact) mass is 248 g/mol. The van der Waals surface area contributed by atoms with Crippen molar-refractivity contribution in [2.45, 2.75) is 31.7 Å². The van der Waals surface area contributed by atoms with Gasteiger partial charge in [-0.15, -0.1) is 16.4 Å². The molecule has 0 bridgehead atoms. The molecular weight excluding hydrogens is 232 g/mol. The Bertz CT molecular complexity index is 507. The lowest BCUT2D eigenvalue weighted by Gasteiger charge is -2.06. The zero-order valence-electron chi connectivity index (χ0n) is 9.89. The van der Waals surface area contributed by atoms with E-state index in [1.807, 2.05) is 24.6 Å². The fourth-order valence-electron chi connectivity index (χ4n) is 2.35. The van der Waals surface area contributed by atoms with Crippen molar-refractivity contribution < 1.29 is 0 Å². The number of aromatic nitrogens is 3. The summed E-state index contributed by atoms with van der Waals surface area (Å²) in [5, 5.41) is 8.01. The van der Waals surface area contributed by atoms with Crippen LogP contribution in [0.3, 0.4) is 0 Å². The Hall–Kier alpha value is -1.20. The Morgan fingerprint density at radius 1 is 1.53 bits per heavy atom. The van der Waals surface area contributed by atoms with Crippen LogP contribution in [-0.2, 0) is 26.3 Å². The molecule has 0 aromatic carbocycles. The molecule has 0 spiro atoms. The van der Waals surface area contributed by atoms with Crippen LogP contribution in [0.2, 0.25) is 0 Å². The number of aryl methyl sites for hydroxylation is 3. The highest BCUT2D eigenvalue weighted by atomic mass is 32.1. The molecule has 0 radical (unpaired) electrons. The lowest BCUT2D eigenvalue weighted by Crippen LogP contribution is -2.12. The van der Waals surface area contributed by atoms with Crippen molar-refractivity contribution in [3.63, 3.8) is 0 Å². The summed E-state index contributed by atoms with van der Waals surface area (Å²) in [6.07, 6.45) is 6.47. The summed E-state index contributed by atoms with van der Waals surface area (Å²) in [5.74, 6) is 0. The first-order valence-electron chi connectivity index (χ1n) is 5.94. The number of hydrogen-bond acceptors (Lipinski definition) is 4. The SMILES string of the molecule is Cn1cc(CC(N)c2cc3c(s2)CCC3)nn1. The summed E-state index contributed by atoms with van der Waals surface area (Å²) in [6, 6.07) is 2.34. The van der Waals surface area contributed by atoms with Gasteiger partial charge in [0.1, 0.15) is 0 Å². The standard InChI is InChI=1S/C12H16N4S/c1-16-7-9(14-15-16)6-10(13)12-5-8-3-2-4-11(8)17-12/h5,7,10H,2-4,6,13H2,1H3. The van der Waals surface area contributed by atoms with Crippen LogP contribution in [0.1, 0.15) is 33.5 Å². The highest BCUT2D eigenvalue weighted by Gasteiger charge is 2.18. The van der Waals surface area contributed by atoms with Crippen LogP contribution in [0, 0.1) is 0 Å². The molecule has 1 aliphatic carbocycles. The van der Waals surface area contributed by atoms with E-state index in [4.69, 9.17) is 5.73 Å². The van der Waals surface area contributed by atoms with Crippen molar-refractivity contribution in [3.05, 3.63) is 33.3 Å². The van der Waals surface area contributed by atoms with Gasteiger partial charge in [0.15, 0.2) is 0 Å². The number of rotatable bonds is 3. The van der Waals surface area contributed by atoms with Gasteiger partial charge in [-0.2, -0.15) is 0 Å². The summed E-state index contributed by atoms with van der Waals surface area (Å²) in [4.78, 5) is 2.83. The van der Waals surface area contributed by atoms with Gasteiger partial charge in [-0.05, 0) is 30.9 Å². The third-order valence-electron chi connectivity index (χ3n) is 3.21. The normalized spacial score (nSPS) is 16.1. The first-order chi connectivity index (χ1) is 8.22. The van der Waals surface area contributed by atoms with Crippen molar-refractivity contribution >= 4 is 11.3 Å². The number of thiophene rings is 1. The lowest BCUT2D eigenvalue weighted by atomic mass is 10.1. The van der Waals surface area contributed by atoms with Gasteiger partial charge in [0.05, 0.1) is 5.69 Å². The second-order valence-electron chi connectivity index (χ2n) is 4.64. The molecule has 0 saturated carbocycles. The van der Waals surface area contributed by atoms with Gasteiger partial charge >= 0.3 is 0 Å². The van der Waals surface area contributed by atoms with Crippen LogP contribution in [0.4, 0.5) is 0 Å². The van der Waals surface area contributed by atoms with Crippen LogP contribution in [0.25, 0.3) is 0 Å². The summed E-state index contributed by atoms with van der Waals surface area (Å²) in [6.45, 7) is 0. The van der Waals surface area contributed by atoms with Crippen LogP contribution in [0.15, 0.2) is 12.3 Å². The fourth-order valence-corrected chi connectivity index (χ4v) is 3.61. The summed E-state index contributed by atoms with van der Waals surface area (Å²) in [7, 11) is 1.88. The van der Waals surface area contributed by atoms with E-state index < -0.39 is 0 Å². The molecule has 5 heteroatoms. The molecular formula is C12H16N4S. The van der Waals surface area contributed by atoms with Crippen LogP contribution in [-0.4, -0.2) is 15.0 Å².